The third kappa shape index (κ3) is 6.34. The van der Waals surface area contributed by atoms with Crippen LogP contribution in [-0.4, -0.2) is 88.0 Å². The third-order valence-electron chi connectivity index (χ3n) is 10.3. The number of hydrogen-bond acceptors (Lipinski definition) is 8. The van der Waals surface area contributed by atoms with Crippen molar-refractivity contribution in [1.82, 2.24) is 25.0 Å². The first-order valence-corrected chi connectivity index (χ1v) is 18.2. The van der Waals surface area contributed by atoms with Gasteiger partial charge in [-0.05, 0) is 49.4 Å². The molecule has 1 aliphatic carbocycles. The van der Waals surface area contributed by atoms with E-state index in [9.17, 15) is 24.0 Å². The number of thiazole rings is 1. The zero-order valence-corrected chi connectivity index (χ0v) is 28.5. The van der Waals surface area contributed by atoms with Crippen molar-refractivity contribution < 1.29 is 28.7 Å². The van der Waals surface area contributed by atoms with Gasteiger partial charge < -0.3 is 19.9 Å². The number of aromatic nitrogens is 1. The molecule has 2 aromatic carbocycles. The molecule has 49 heavy (non-hydrogen) atoms. The fraction of sp³-hybridized carbons (Fsp3) is 0.459. The van der Waals surface area contributed by atoms with E-state index in [0.29, 0.717) is 73.6 Å². The van der Waals surface area contributed by atoms with Gasteiger partial charge in [0, 0.05) is 43.5 Å². The second kappa shape index (κ2) is 14.1. The number of imide groups is 1. The summed E-state index contributed by atoms with van der Waals surface area (Å²) < 4.78 is 6.66. The van der Waals surface area contributed by atoms with Crippen LogP contribution in [0.1, 0.15) is 93.0 Å². The molecule has 0 spiro atoms. The fourth-order valence-electron chi connectivity index (χ4n) is 7.87. The molecule has 4 heterocycles. The van der Waals surface area contributed by atoms with Crippen LogP contribution in [0.25, 0.3) is 0 Å². The van der Waals surface area contributed by atoms with Gasteiger partial charge in [-0.2, -0.15) is 0 Å². The molecule has 1 aromatic heterocycles. The fourth-order valence-corrected chi connectivity index (χ4v) is 8.46. The first-order valence-electron chi connectivity index (χ1n) is 17.3. The van der Waals surface area contributed by atoms with E-state index in [1.54, 1.807) is 45.8 Å². The van der Waals surface area contributed by atoms with Crippen LogP contribution in [0.2, 0.25) is 0 Å². The lowest BCUT2D eigenvalue weighted by atomic mass is 9.77. The zero-order chi connectivity index (χ0) is 34.1. The summed E-state index contributed by atoms with van der Waals surface area (Å²) in [5.74, 6) is -1.41. The number of nitrogens with one attached hydrogen (secondary N) is 1. The number of carbonyl (C=O) groups excluding carboxylic acids is 5. The van der Waals surface area contributed by atoms with Crippen molar-refractivity contribution in [3.05, 3.63) is 81.3 Å². The standard InChI is InChI=1S/C37H41N5O6S/c1-2-16-39-33(43)25-9-3-4-10-26(25)34(44)41-18-14-23-8-7-13-30(48-24-15-17-40(20-24)37(47)31-19-38-22-49-31)32(23)29(41)21-42-35(45)27-11-5-6-12-28(27)36(42)46/h5-8,11-13,19,22,24-26,29H,2-4,9-10,14-18,20-21H2,1H3,(H,39,43)/t24-,25-,26+,29+/m0/s1. The predicted octanol–water partition coefficient (Wildman–Crippen LogP) is 4.49. The second-order valence-corrected chi connectivity index (χ2v) is 14.2. The Labute approximate surface area is 289 Å². The first kappa shape index (κ1) is 32.9. The summed E-state index contributed by atoms with van der Waals surface area (Å²) in [4.78, 5) is 77.7. The molecule has 12 heteroatoms. The van der Waals surface area contributed by atoms with E-state index in [1.807, 2.05) is 25.1 Å². The molecule has 1 saturated heterocycles. The lowest BCUT2D eigenvalue weighted by Gasteiger charge is -2.43. The molecule has 0 bridgehead atoms. The van der Waals surface area contributed by atoms with Crippen molar-refractivity contribution in [3.63, 3.8) is 0 Å². The minimum atomic E-state index is -0.674. The number of ether oxygens (including phenoxy) is 1. The monoisotopic (exact) mass is 683 g/mol. The molecule has 1 saturated carbocycles. The highest BCUT2D eigenvalue weighted by atomic mass is 32.1. The van der Waals surface area contributed by atoms with Crippen molar-refractivity contribution in [2.45, 2.75) is 64.0 Å². The summed E-state index contributed by atoms with van der Waals surface area (Å²) >= 11 is 1.31. The normalized spacial score (nSPS) is 23.3. The number of hydrogen-bond donors (Lipinski definition) is 1. The van der Waals surface area contributed by atoms with Crippen molar-refractivity contribution in [2.24, 2.45) is 11.8 Å². The molecule has 256 valence electrons. The van der Waals surface area contributed by atoms with Crippen molar-refractivity contribution in [1.29, 1.82) is 0 Å². The van der Waals surface area contributed by atoms with E-state index in [-0.39, 0.29) is 42.2 Å². The highest BCUT2D eigenvalue weighted by Crippen LogP contribution is 2.42. The number of amides is 5. The average molecular weight is 684 g/mol. The summed E-state index contributed by atoms with van der Waals surface area (Å²) in [5, 5.41) is 3.01. The number of carbonyl (C=O) groups is 5. The van der Waals surface area contributed by atoms with Crippen molar-refractivity contribution >= 4 is 40.9 Å². The lowest BCUT2D eigenvalue weighted by Crippen LogP contribution is -2.51. The van der Waals surface area contributed by atoms with Crippen LogP contribution in [0.5, 0.6) is 5.75 Å². The Morgan fingerprint density at radius 2 is 1.71 bits per heavy atom. The summed E-state index contributed by atoms with van der Waals surface area (Å²) in [5.41, 5.74) is 4.10. The van der Waals surface area contributed by atoms with Crippen LogP contribution in [-0.2, 0) is 16.0 Å². The summed E-state index contributed by atoms with van der Waals surface area (Å²) in [7, 11) is 0. The Balaban J connectivity index is 1.20. The number of nitrogens with zero attached hydrogens (tertiary/aromatic N) is 4. The number of rotatable bonds is 9. The van der Waals surface area contributed by atoms with Gasteiger partial charge in [-0.15, -0.1) is 11.3 Å². The van der Waals surface area contributed by atoms with Crippen LogP contribution in [0, 0.1) is 11.8 Å². The first-order chi connectivity index (χ1) is 23.9. The minimum Gasteiger partial charge on any atom is -0.488 e. The molecular weight excluding hydrogens is 643 g/mol. The van der Waals surface area contributed by atoms with Crippen LogP contribution in [0.4, 0.5) is 0 Å². The molecule has 4 aliphatic rings. The summed E-state index contributed by atoms with van der Waals surface area (Å²) in [6.45, 7) is 3.87. The molecule has 3 aliphatic heterocycles. The van der Waals surface area contributed by atoms with Gasteiger partial charge >= 0.3 is 0 Å². The molecule has 4 atom stereocenters. The van der Waals surface area contributed by atoms with Gasteiger partial charge in [-0.25, -0.2) is 0 Å². The number of benzene rings is 2. The lowest BCUT2D eigenvalue weighted by molar-refractivity contribution is -0.146. The van der Waals surface area contributed by atoms with Crippen molar-refractivity contribution in [2.75, 3.05) is 32.7 Å². The highest BCUT2D eigenvalue weighted by Gasteiger charge is 2.45. The Morgan fingerprint density at radius 1 is 0.959 bits per heavy atom. The second-order valence-electron chi connectivity index (χ2n) is 13.3. The average Bonchev–Trinajstić information content (AvgIpc) is 3.89. The molecule has 2 fully saturated rings. The van der Waals surface area contributed by atoms with Gasteiger partial charge in [0.05, 0.1) is 42.0 Å². The van der Waals surface area contributed by atoms with Crippen LogP contribution < -0.4 is 10.1 Å². The Hall–Kier alpha value is -4.58. The SMILES string of the molecule is CCCNC(=O)[C@H]1CCCC[C@H]1C(=O)N1CCc2cccc(O[C@H]3CCN(C(=O)c4cncs4)C3)c2[C@H]1CN1C(=O)c2ccccc2C1=O. The van der Waals surface area contributed by atoms with E-state index in [4.69, 9.17) is 4.74 Å². The maximum atomic E-state index is 14.7. The van der Waals surface area contributed by atoms with E-state index in [0.717, 1.165) is 30.4 Å². The minimum absolute atomic E-state index is 0.0362. The topological polar surface area (TPSA) is 129 Å². The Bertz CT molecular complexity index is 1730. The van der Waals surface area contributed by atoms with Gasteiger partial charge in [0.15, 0.2) is 0 Å². The van der Waals surface area contributed by atoms with Crippen LogP contribution in [0.15, 0.2) is 54.2 Å². The molecular formula is C37H41N5O6S. The van der Waals surface area contributed by atoms with Gasteiger partial charge in [0.1, 0.15) is 16.7 Å². The third-order valence-corrected chi connectivity index (χ3v) is 11.1. The van der Waals surface area contributed by atoms with Gasteiger partial charge in [-0.3, -0.25) is 33.9 Å². The smallest absolute Gasteiger partial charge is 0.265 e. The van der Waals surface area contributed by atoms with Gasteiger partial charge in [0.2, 0.25) is 11.8 Å². The quantitative estimate of drug-likeness (QED) is 0.329. The largest absolute Gasteiger partial charge is 0.488 e. The molecule has 7 rings (SSSR count). The maximum Gasteiger partial charge on any atom is 0.265 e. The summed E-state index contributed by atoms with van der Waals surface area (Å²) in [6, 6.07) is 11.9. The molecule has 5 amide bonds. The summed E-state index contributed by atoms with van der Waals surface area (Å²) in [6.07, 6.45) is 6.30. The van der Waals surface area contributed by atoms with E-state index < -0.39 is 17.9 Å². The van der Waals surface area contributed by atoms with E-state index in [1.165, 1.54) is 16.2 Å². The Morgan fingerprint density at radius 3 is 2.43 bits per heavy atom. The van der Waals surface area contributed by atoms with Crippen LogP contribution >= 0.6 is 11.3 Å². The van der Waals surface area contributed by atoms with E-state index >= 15 is 0 Å². The molecule has 0 unspecified atom stereocenters. The zero-order valence-electron chi connectivity index (χ0n) is 27.6. The molecule has 1 N–H and O–H groups in total. The molecule has 0 radical (unpaired) electrons. The van der Waals surface area contributed by atoms with Gasteiger partial charge in [-0.1, -0.05) is 44.0 Å². The number of likely N-dealkylation sites (tertiary alicyclic amines) is 1. The molecule has 3 aromatic rings. The Kier molecular flexibility index (Phi) is 9.48. The number of fused-ring (bicyclic) bond motifs is 2. The van der Waals surface area contributed by atoms with Gasteiger partial charge in [0.25, 0.3) is 17.7 Å². The van der Waals surface area contributed by atoms with E-state index in [2.05, 4.69) is 10.3 Å². The van der Waals surface area contributed by atoms with Crippen LogP contribution in [0.3, 0.4) is 0 Å². The highest BCUT2D eigenvalue weighted by molar-refractivity contribution is 7.11. The predicted molar refractivity (Wildman–Crippen MR) is 182 cm³/mol. The van der Waals surface area contributed by atoms with Crippen molar-refractivity contribution in [3.8, 4) is 5.75 Å². The maximum absolute atomic E-state index is 14.7. The molecule has 11 nitrogen and oxygen atoms in total.